The van der Waals surface area contributed by atoms with E-state index in [1.165, 1.54) is 13.0 Å². The van der Waals surface area contributed by atoms with Gasteiger partial charge in [0.1, 0.15) is 0 Å². The second-order valence-electron chi connectivity index (χ2n) is 5.12. The van der Waals surface area contributed by atoms with Crippen LogP contribution in [-0.4, -0.2) is 18.0 Å². The van der Waals surface area contributed by atoms with Crippen molar-refractivity contribution in [1.29, 1.82) is 0 Å². The summed E-state index contributed by atoms with van der Waals surface area (Å²) in [5, 5.41) is 3.44. The molecule has 126 valence electrons. The molecule has 4 nitrogen and oxygen atoms in total. The second-order valence-corrected chi connectivity index (χ2v) is 6.88. The van der Waals surface area contributed by atoms with Gasteiger partial charge in [-0.15, -0.1) is 0 Å². The summed E-state index contributed by atoms with van der Waals surface area (Å²) in [5.74, 6) is -1.13. The minimum Gasteiger partial charge on any atom is -0.449 e. The van der Waals surface area contributed by atoms with Crippen molar-refractivity contribution in [2.45, 2.75) is 20.0 Å². The maximum atomic E-state index is 12.2. The molecular formula is C17H14BrCl2NO3. The molecule has 2 aromatic carbocycles. The molecule has 2 rings (SSSR count). The van der Waals surface area contributed by atoms with Crippen LogP contribution in [0.4, 0.5) is 5.69 Å². The minimum absolute atomic E-state index is 0.185. The maximum Gasteiger partial charge on any atom is 0.340 e. The summed E-state index contributed by atoms with van der Waals surface area (Å²) in [6.07, 6.45) is -0.995. The molecule has 0 saturated carbocycles. The van der Waals surface area contributed by atoms with Gasteiger partial charge in [-0.25, -0.2) is 4.79 Å². The number of anilines is 1. The summed E-state index contributed by atoms with van der Waals surface area (Å²) in [5.41, 5.74) is 1.60. The van der Waals surface area contributed by atoms with E-state index in [0.29, 0.717) is 15.2 Å². The van der Waals surface area contributed by atoms with Crippen LogP contribution >= 0.6 is 39.1 Å². The number of hydrogen-bond acceptors (Lipinski definition) is 3. The number of amides is 1. The first-order valence-corrected chi connectivity index (χ1v) is 8.56. The van der Waals surface area contributed by atoms with Crippen LogP contribution in [-0.2, 0) is 9.53 Å². The molecule has 0 aliphatic heterocycles. The lowest BCUT2D eigenvalue weighted by Gasteiger charge is -2.15. The van der Waals surface area contributed by atoms with E-state index in [0.717, 1.165) is 5.56 Å². The molecule has 7 heteroatoms. The molecule has 0 aliphatic carbocycles. The monoisotopic (exact) mass is 429 g/mol. The van der Waals surface area contributed by atoms with Crippen LogP contribution in [0.25, 0.3) is 0 Å². The third-order valence-corrected chi connectivity index (χ3v) is 4.32. The average molecular weight is 431 g/mol. The molecule has 1 amide bonds. The zero-order chi connectivity index (χ0) is 17.9. The lowest BCUT2D eigenvalue weighted by atomic mass is 10.2. The summed E-state index contributed by atoms with van der Waals surface area (Å²) in [6, 6.07) is 9.96. The van der Waals surface area contributed by atoms with Crippen molar-refractivity contribution in [2.75, 3.05) is 5.32 Å². The van der Waals surface area contributed by atoms with Crippen LogP contribution in [0.1, 0.15) is 22.8 Å². The normalized spacial score (nSPS) is 11.7. The maximum absolute atomic E-state index is 12.2. The van der Waals surface area contributed by atoms with Gasteiger partial charge in [0.2, 0.25) is 0 Å². The molecule has 0 aliphatic rings. The first-order chi connectivity index (χ1) is 11.3. The number of esters is 1. The predicted octanol–water partition coefficient (Wildman–Crippen LogP) is 5.25. The standard InChI is InChI=1S/C17H14BrCl2NO3/c1-9-3-5-12(19)8-15(9)21-16(22)10(2)24-17(23)13-7-11(18)4-6-14(13)20/h3-8,10H,1-2H3,(H,21,22). The highest BCUT2D eigenvalue weighted by Gasteiger charge is 2.21. The van der Waals surface area contributed by atoms with Crippen LogP contribution in [0, 0.1) is 6.92 Å². The lowest BCUT2D eigenvalue weighted by molar-refractivity contribution is -0.123. The summed E-state index contributed by atoms with van der Waals surface area (Å²) in [4.78, 5) is 24.4. The Balaban J connectivity index is 2.07. The van der Waals surface area contributed by atoms with Gasteiger partial charge < -0.3 is 10.1 Å². The fourth-order valence-electron chi connectivity index (χ4n) is 1.89. The highest BCUT2D eigenvalue weighted by Crippen LogP contribution is 2.23. The van der Waals surface area contributed by atoms with Gasteiger partial charge in [0.25, 0.3) is 5.91 Å². The quantitative estimate of drug-likeness (QED) is 0.674. The molecule has 24 heavy (non-hydrogen) atoms. The number of carbonyl (C=O) groups excluding carboxylic acids is 2. The van der Waals surface area contributed by atoms with E-state index < -0.39 is 18.0 Å². The molecule has 0 aromatic heterocycles. The Labute approximate surface area is 158 Å². The average Bonchev–Trinajstić information content (AvgIpc) is 2.53. The predicted molar refractivity (Wildman–Crippen MR) is 98.8 cm³/mol. The van der Waals surface area contributed by atoms with E-state index in [1.807, 2.05) is 6.92 Å². The van der Waals surface area contributed by atoms with E-state index in [4.69, 9.17) is 27.9 Å². The largest absolute Gasteiger partial charge is 0.449 e. The van der Waals surface area contributed by atoms with Gasteiger partial charge in [0.05, 0.1) is 10.6 Å². The van der Waals surface area contributed by atoms with Crippen molar-refractivity contribution < 1.29 is 14.3 Å². The molecule has 2 aromatic rings. The third-order valence-electron chi connectivity index (χ3n) is 3.26. The van der Waals surface area contributed by atoms with Crippen molar-refractivity contribution in [1.82, 2.24) is 0 Å². The molecular weight excluding hydrogens is 417 g/mol. The van der Waals surface area contributed by atoms with Crippen molar-refractivity contribution in [3.63, 3.8) is 0 Å². The number of halogens is 3. The Morgan fingerprint density at radius 2 is 1.88 bits per heavy atom. The summed E-state index contributed by atoms with van der Waals surface area (Å²) in [7, 11) is 0. The number of ether oxygens (including phenoxy) is 1. The molecule has 1 atom stereocenters. The molecule has 0 saturated heterocycles. The van der Waals surface area contributed by atoms with Crippen molar-refractivity contribution in [2.24, 2.45) is 0 Å². The Morgan fingerprint density at radius 1 is 1.17 bits per heavy atom. The van der Waals surface area contributed by atoms with Gasteiger partial charge in [0, 0.05) is 15.2 Å². The Kier molecular flexibility index (Phi) is 6.27. The van der Waals surface area contributed by atoms with Crippen LogP contribution in [0.5, 0.6) is 0 Å². The van der Waals surface area contributed by atoms with Crippen LogP contribution in [0.3, 0.4) is 0 Å². The zero-order valence-electron chi connectivity index (χ0n) is 12.9. The highest BCUT2D eigenvalue weighted by atomic mass is 79.9. The highest BCUT2D eigenvalue weighted by molar-refractivity contribution is 9.10. The van der Waals surface area contributed by atoms with Crippen LogP contribution in [0.2, 0.25) is 10.0 Å². The van der Waals surface area contributed by atoms with E-state index in [2.05, 4.69) is 21.2 Å². The van der Waals surface area contributed by atoms with Gasteiger partial charge in [-0.1, -0.05) is 45.2 Å². The van der Waals surface area contributed by atoms with Gasteiger partial charge in [-0.05, 0) is 49.7 Å². The molecule has 1 unspecified atom stereocenters. The number of nitrogens with one attached hydrogen (secondary N) is 1. The molecule has 0 spiro atoms. The topological polar surface area (TPSA) is 55.4 Å². The molecule has 0 radical (unpaired) electrons. The van der Waals surface area contributed by atoms with Gasteiger partial charge >= 0.3 is 5.97 Å². The Bertz CT molecular complexity index is 795. The lowest BCUT2D eigenvalue weighted by Crippen LogP contribution is -2.30. The molecule has 1 N–H and O–H groups in total. The summed E-state index contributed by atoms with van der Waals surface area (Å²) < 4.78 is 5.87. The van der Waals surface area contributed by atoms with Gasteiger partial charge in [-0.3, -0.25) is 4.79 Å². The van der Waals surface area contributed by atoms with Crippen LogP contribution < -0.4 is 5.32 Å². The van der Waals surface area contributed by atoms with Gasteiger partial charge in [-0.2, -0.15) is 0 Å². The minimum atomic E-state index is -0.995. The number of rotatable bonds is 4. The fraction of sp³-hybridized carbons (Fsp3) is 0.176. The smallest absolute Gasteiger partial charge is 0.340 e. The van der Waals surface area contributed by atoms with E-state index in [9.17, 15) is 9.59 Å². The molecule has 0 heterocycles. The Hall–Kier alpha value is -1.56. The number of carbonyl (C=O) groups is 2. The third kappa shape index (κ3) is 4.72. The van der Waals surface area contributed by atoms with E-state index in [-0.39, 0.29) is 10.6 Å². The first kappa shape index (κ1) is 18.8. The van der Waals surface area contributed by atoms with Crippen LogP contribution in [0.15, 0.2) is 40.9 Å². The molecule has 0 bridgehead atoms. The SMILES string of the molecule is Cc1ccc(Cl)cc1NC(=O)C(C)OC(=O)c1cc(Br)ccc1Cl. The fourth-order valence-corrected chi connectivity index (χ4v) is 2.62. The second kappa shape index (κ2) is 8.01. The summed E-state index contributed by atoms with van der Waals surface area (Å²) >= 11 is 15.2. The van der Waals surface area contributed by atoms with Crippen molar-refractivity contribution >= 4 is 56.7 Å². The Morgan fingerprint density at radius 3 is 2.58 bits per heavy atom. The zero-order valence-corrected chi connectivity index (χ0v) is 16.0. The summed E-state index contributed by atoms with van der Waals surface area (Å²) in [6.45, 7) is 3.32. The first-order valence-electron chi connectivity index (χ1n) is 7.01. The number of aryl methyl sites for hydroxylation is 1. The van der Waals surface area contributed by atoms with Crippen molar-refractivity contribution in [3.05, 3.63) is 62.0 Å². The van der Waals surface area contributed by atoms with E-state index in [1.54, 1.807) is 30.3 Å². The number of benzene rings is 2. The van der Waals surface area contributed by atoms with E-state index >= 15 is 0 Å². The molecule has 0 fully saturated rings. The van der Waals surface area contributed by atoms with Gasteiger partial charge in [0.15, 0.2) is 6.10 Å². The number of hydrogen-bond donors (Lipinski definition) is 1. The van der Waals surface area contributed by atoms with Crippen molar-refractivity contribution in [3.8, 4) is 0 Å².